The number of hydrogen-bond acceptors (Lipinski definition) is 4. The van der Waals surface area contributed by atoms with Gasteiger partial charge in [-0.05, 0) is 37.3 Å². The Labute approximate surface area is 154 Å². The van der Waals surface area contributed by atoms with Crippen LogP contribution in [0.1, 0.15) is 18.1 Å². The summed E-state index contributed by atoms with van der Waals surface area (Å²) < 4.78 is 32.0. The van der Waals surface area contributed by atoms with Crippen LogP contribution in [-0.2, 0) is 11.3 Å². The van der Waals surface area contributed by atoms with Crippen LogP contribution in [0.5, 0.6) is 5.75 Å². The molecule has 1 aromatic rings. The third kappa shape index (κ3) is 4.14. The second-order valence-corrected chi connectivity index (χ2v) is 6.31. The SMILES string of the molecule is C[C@@H](NC(=O)CN1Cc2cc(C#N)ccc2OC1=O)C1C=C[C](F)C=C1F. The summed E-state index contributed by atoms with van der Waals surface area (Å²) in [4.78, 5) is 25.5. The minimum absolute atomic E-state index is 0.114. The Hall–Kier alpha value is -3.21. The normalized spacial score (nSPS) is 20.2. The van der Waals surface area contributed by atoms with Crippen molar-refractivity contribution >= 4 is 12.0 Å². The molecule has 0 saturated carbocycles. The molecule has 1 aromatic carbocycles. The van der Waals surface area contributed by atoms with Crippen LogP contribution in [0.4, 0.5) is 13.6 Å². The molecule has 0 fully saturated rings. The number of amides is 2. The van der Waals surface area contributed by atoms with Gasteiger partial charge in [0.05, 0.1) is 18.2 Å². The second-order valence-electron chi connectivity index (χ2n) is 6.31. The van der Waals surface area contributed by atoms with Crippen molar-refractivity contribution in [1.82, 2.24) is 10.2 Å². The number of ether oxygens (including phenoxy) is 1. The lowest BCUT2D eigenvalue weighted by molar-refractivity contribution is -0.122. The number of halogens is 2. The minimum atomic E-state index is -0.777. The van der Waals surface area contributed by atoms with Crippen LogP contribution in [0.3, 0.4) is 0 Å². The van der Waals surface area contributed by atoms with Crippen molar-refractivity contribution in [2.24, 2.45) is 5.92 Å². The van der Waals surface area contributed by atoms with Gasteiger partial charge in [-0.2, -0.15) is 5.26 Å². The van der Waals surface area contributed by atoms with Crippen LogP contribution in [0.2, 0.25) is 0 Å². The highest BCUT2D eigenvalue weighted by Crippen LogP contribution is 2.28. The number of nitrogens with zero attached hydrogens (tertiary/aromatic N) is 2. The summed E-state index contributed by atoms with van der Waals surface area (Å²) in [5.41, 5.74) is 1.03. The van der Waals surface area contributed by atoms with Gasteiger partial charge in [0.2, 0.25) is 5.91 Å². The summed E-state index contributed by atoms with van der Waals surface area (Å²) in [6, 6.07) is 6.03. The van der Waals surface area contributed by atoms with E-state index in [-0.39, 0.29) is 13.1 Å². The molecule has 1 unspecified atom stereocenters. The summed E-state index contributed by atoms with van der Waals surface area (Å²) in [7, 11) is 0. The number of fused-ring (bicyclic) bond motifs is 1. The van der Waals surface area contributed by atoms with Crippen molar-refractivity contribution in [3.05, 3.63) is 59.6 Å². The fourth-order valence-electron chi connectivity index (χ4n) is 2.95. The van der Waals surface area contributed by atoms with Crippen LogP contribution < -0.4 is 10.1 Å². The number of allylic oxidation sites excluding steroid dienone is 2. The molecule has 139 valence electrons. The van der Waals surface area contributed by atoms with Gasteiger partial charge in [0.1, 0.15) is 18.1 Å². The largest absolute Gasteiger partial charge is 0.416 e. The van der Waals surface area contributed by atoms with Crippen LogP contribution in [-0.4, -0.2) is 29.5 Å². The maximum Gasteiger partial charge on any atom is 0.416 e. The molecule has 1 aliphatic heterocycles. The Balaban J connectivity index is 1.62. The molecule has 27 heavy (non-hydrogen) atoms. The van der Waals surface area contributed by atoms with Crippen LogP contribution in [0, 0.1) is 23.4 Å². The van der Waals surface area contributed by atoms with Crippen LogP contribution in [0.25, 0.3) is 0 Å². The first kappa shape index (κ1) is 18.6. The average Bonchev–Trinajstić information content (AvgIpc) is 2.61. The van der Waals surface area contributed by atoms with Gasteiger partial charge in [0, 0.05) is 17.5 Å². The Morgan fingerprint density at radius 1 is 1.48 bits per heavy atom. The summed E-state index contributed by atoms with van der Waals surface area (Å²) in [5.74, 6) is -1.61. The topological polar surface area (TPSA) is 82.4 Å². The molecule has 2 amide bonds. The predicted octanol–water partition coefficient (Wildman–Crippen LogP) is 2.92. The van der Waals surface area contributed by atoms with Crippen LogP contribution >= 0.6 is 0 Å². The van der Waals surface area contributed by atoms with Crippen molar-refractivity contribution in [2.45, 2.75) is 19.5 Å². The molecule has 0 bridgehead atoms. The third-order valence-corrected chi connectivity index (χ3v) is 4.33. The standard InChI is InChI=1S/C19H16F2N3O3/c1-11(15-4-3-14(20)7-16(15)21)23-18(25)10-24-9-13-6-12(8-22)2-5-17(13)27-19(24)26/h2-7,11,15H,9-10H2,1H3,(H,23,25)/t11-,15?/m1/s1. The summed E-state index contributed by atoms with van der Waals surface area (Å²) in [5, 5.41) is 11.6. The zero-order valence-corrected chi connectivity index (χ0v) is 14.4. The summed E-state index contributed by atoms with van der Waals surface area (Å²) in [6.45, 7) is 1.41. The van der Waals surface area contributed by atoms with E-state index in [1.54, 1.807) is 13.0 Å². The highest BCUT2D eigenvalue weighted by atomic mass is 19.1. The Kier molecular flexibility index (Phi) is 5.21. The molecular weight excluding hydrogens is 356 g/mol. The lowest BCUT2D eigenvalue weighted by Crippen LogP contribution is -2.47. The number of carbonyl (C=O) groups is 2. The van der Waals surface area contributed by atoms with Crippen molar-refractivity contribution in [1.29, 1.82) is 5.26 Å². The van der Waals surface area contributed by atoms with Crippen molar-refractivity contribution in [3.8, 4) is 11.8 Å². The molecule has 3 rings (SSSR count). The van der Waals surface area contributed by atoms with E-state index in [2.05, 4.69) is 5.32 Å². The second kappa shape index (κ2) is 7.58. The molecule has 0 saturated heterocycles. The fraction of sp³-hybridized carbons (Fsp3) is 0.263. The van der Waals surface area contributed by atoms with E-state index in [0.29, 0.717) is 16.9 Å². The first-order valence-corrected chi connectivity index (χ1v) is 8.24. The lowest BCUT2D eigenvalue weighted by Gasteiger charge is -2.29. The molecule has 0 spiro atoms. The number of hydrogen-bond donors (Lipinski definition) is 1. The van der Waals surface area contributed by atoms with E-state index in [9.17, 15) is 18.4 Å². The summed E-state index contributed by atoms with van der Waals surface area (Å²) in [6.07, 6.45) is 1.88. The number of benzene rings is 1. The quantitative estimate of drug-likeness (QED) is 0.881. The van der Waals surface area contributed by atoms with E-state index >= 15 is 0 Å². The van der Waals surface area contributed by atoms with Crippen molar-refractivity contribution < 1.29 is 23.1 Å². The fourth-order valence-corrected chi connectivity index (χ4v) is 2.95. The van der Waals surface area contributed by atoms with Gasteiger partial charge in [-0.15, -0.1) is 0 Å². The zero-order valence-electron chi connectivity index (χ0n) is 14.4. The van der Waals surface area contributed by atoms with Gasteiger partial charge in [-0.1, -0.05) is 6.08 Å². The molecule has 6 nitrogen and oxygen atoms in total. The molecule has 1 N–H and O–H groups in total. The van der Waals surface area contributed by atoms with E-state index in [4.69, 9.17) is 10.00 Å². The van der Waals surface area contributed by atoms with Gasteiger partial charge in [-0.3, -0.25) is 9.69 Å². The van der Waals surface area contributed by atoms with E-state index in [1.165, 1.54) is 23.1 Å². The highest BCUT2D eigenvalue weighted by Gasteiger charge is 2.29. The molecule has 0 aromatic heterocycles. The van der Waals surface area contributed by atoms with Gasteiger partial charge < -0.3 is 10.1 Å². The highest BCUT2D eigenvalue weighted by molar-refractivity contribution is 5.84. The Bertz CT molecular complexity index is 875. The third-order valence-electron chi connectivity index (χ3n) is 4.33. The van der Waals surface area contributed by atoms with E-state index in [1.807, 2.05) is 6.07 Å². The molecule has 2 atom stereocenters. The van der Waals surface area contributed by atoms with Crippen molar-refractivity contribution in [2.75, 3.05) is 6.54 Å². The minimum Gasteiger partial charge on any atom is -0.410 e. The maximum absolute atomic E-state index is 13.8. The molecule has 8 heteroatoms. The van der Waals surface area contributed by atoms with E-state index in [0.717, 1.165) is 12.2 Å². The molecule has 1 radical (unpaired) electrons. The number of rotatable bonds is 4. The first-order valence-electron chi connectivity index (χ1n) is 8.24. The molecule has 1 heterocycles. The average molecular weight is 372 g/mol. The maximum atomic E-state index is 13.8. The summed E-state index contributed by atoms with van der Waals surface area (Å²) >= 11 is 0. The molecular formula is C19H16F2N3O3. The predicted molar refractivity (Wildman–Crippen MR) is 91.4 cm³/mol. The molecule has 2 aliphatic rings. The zero-order chi connectivity index (χ0) is 19.6. The van der Waals surface area contributed by atoms with E-state index < -0.39 is 36.0 Å². The number of nitriles is 1. The van der Waals surface area contributed by atoms with Crippen LogP contribution in [0.15, 0.2) is 42.3 Å². The smallest absolute Gasteiger partial charge is 0.410 e. The van der Waals surface area contributed by atoms with Crippen molar-refractivity contribution in [3.63, 3.8) is 0 Å². The van der Waals surface area contributed by atoms with Gasteiger partial charge >= 0.3 is 6.09 Å². The first-order chi connectivity index (χ1) is 12.9. The van der Waals surface area contributed by atoms with Gasteiger partial charge in [0.25, 0.3) is 0 Å². The number of nitrogens with one attached hydrogen (secondary N) is 1. The monoisotopic (exact) mass is 372 g/mol. The van der Waals surface area contributed by atoms with Gasteiger partial charge in [-0.25, -0.2) is 13.6 Å². The Morgan fingerprint density at radius 3 is 2.96 bits per heavy atom. The number of carbonyl (C=O) groups excluding carboxylic acids is 2. The van der Waals surface area contributed by atoms with Gasteiger partial charge in [0.15, 0.2) is 6.17 Å². The Morgan fingerprint density at radius 2 is 2.26 bits per heavy atom. The molecule has 1 aliphatic carbocycles. The lowest BCUT2D eigenvalue weighted by atomic mass is 9.94.